The molecule has 0 aliphatic carbocycles. The maximum Gasteiger partial charge on any atom is 0.272 e. The number of aliphatic imine (C=N–C) groups is 1. The van der Waals surface area contributed by atoms with E-state index < -0.39 is 21.5 Å². The number of guanidine groups is 1. The summed E-state index contributed by atoms with van der Waals surface area (Å²) in [6.07, 6.45) is -0.206. The first-order valence-corrected chi connectivity index (χ1v) is 10.8. The van der Waals surface area contributed by atoms with Crippen molar-refractivity contribution in [3.05, 3.63) is 57.5 Å². The van der Waals surface area contributed by atoms with E-state index in [1.165, 1.54) is 19.2 Å². The van der Waals surface area contributed by atoms with Crippen LogP contribution in [0.5, 0.6) is 0 Å². The summed E-state index contributed by atoms with van der Waals surface area (Å²) in [5, 5.41) is 2.62. The van der Waals surface area contributed by atoms with E-state index in [0.29, 0.717) is 5.69 Å². The number of H-pyrrole nitrogens is 1. The SMILES string of the molecule is CN=C(N)NOCCNC(=O)Cc1cc(C)[nH]c(=O)c1NS(=O)(=O)c1cccc(C)c1.Cl. The Kier molecular flexibility index (Phi) is 10.2. The number of rotatable bonds is 9. The summed E-state index contributed by atoms with van der Waals surface area (Å²) in [4.78, 5) is 36.0. The van der Waals surface area contributed by atoms with Crippen LogP contribution in [-0.2, 0) is 26.1 Å². The molecule has 13 heteroatoms. The molecule has 0 fully saturated rings. The van der Waals surface area contributed by atoms with Crippen molar-refractivity contribution >= 4 is 40.0 Å². The maximum atomic E-state index is 12.7. The fraction of sp³-hybridized carbons (Fsp3) is 0.316. The van der Waals surface area contributed by atoms with Crippen LogP contribution in [0.4, 0.5) is 5.69 Å². The van der Waals surface area contributed by atoms with E-state index in [1.807, 2.05) is 0 Å². The largest absolute Gasteiger partial charge is 0.368 e. The van der Waals surface area contributed by atoms with Gasteiger partial charge in [0.25, 0.3) is 15.6 Å². The minimum absolute atomic E-state index is 0. The van der Waals surface area contributed by atoms with Gasteiger partial charge in [-0.15, -0.1) is 12.4 Å². The van der Waals surface area contributed by atoms with Crippen LogP contribution in [0, 0.1) is 13.8 Å². The number of halogens is 1. The lowest BCUT2D eigenvalue weighted by atomic mass is 10.1. The van der Waals surface area contributed by atoms with Crippen LogP contribution < -0.4 is 26.8 Å². The van der Waals surface area contributed by atoms with E-state index >= 15 is 0 Å². The van der Waals surface area contributed by atoms with Crippen molar-refractivity contribution in [1.29, 1.82) is 0 Å². The monoisotopic (exact) mass is 486 g/mol. The standard InChI is InChI=1S/C19H26N6O5S.ClH/c1-12-5-4-6-15(9-12)31(28,29)25-17-14(10-13(2)23-18(17)27)11-16(26)22-7-8-30-24-19(20)21-3;/h4-6,9-10,25H,7-8,11H2,1-3H3,(H,22,26)(H,23,27)(H3,20,21,24);1H. The fourth-order valence-electron chi connectivity index (χ4n) is 2.63. The molecule has 0 aliphatic heterocycles. The number of carbonyl (C=O) groups excluding carboxylic acids is 1. The molecule has 32 heavy (non-hydrogen) atoms. The van der Waals surface area contributed by atoms with Gasteiger partial charge < -0.3 is 16.0 Å². The number of aromatic amines is 1. The topological polar surface area (TPSA) is 168 Å². The number of pyridine rings is 1. The number of aryl methyl sites for hydroxylation is 2. The summed E-state index contributed by atoms with van der Waals surface area (Å²) in [5.74, 6) is -0.322. The zero-order valence-corrected chi connectivity index (χ0v) is 19.5. The number of hydrogen-bond donors (Lipinski definition) is 5. The van der Waals surface area contributed by atoms with Gasteiger partial charge in [0.15, 0.2) is 0 Å². The second-order valence-corrected chi connectivity index (χ2v) is 8.37. The van der Waals surface area contributed by atoms with E-state index in [0.717, 1.165) is 5.56 Å². The first-order chi connectivity index (χ1) is 14.6. The number of hydroxylamine groups is 1. The molecule has 2 rings (SSSR count). The minimum atomic E-state index is -4.02. The third-order valence-electron chi connectivity index (χ3n) is 4.08. The van der Waals surface area contributed by atoms with Gasteiger partial charge in [-0.1, -0.05) is 12.1 Å². The first kappa shape index (κ1) is 26.9. The van der Waals surface area contributed by atoms with Crippen molar-refractivity contribution in [2.75, 3.05) is 24.9 Å². The van der Waals surface area contributed by atoms with E-state index in [4.69, 9.17) is 10.6 Å². The summed E-state index contributed by atoms with van der Waals surface area (Å²) >= 11 is 0. The van der Waals surface area contributed by atoms with Crippen LogP contribution in [0.15, 0.2) is 45.0 Å². The molecule has 1 aromatic heterocycles. The molecule has 0 atom stereocenters. The Hall–Kier alpha value is -3.09. The summed E-state index contributed by atoms with van der Waals surface area (Å²) in [5.41, 5.74) is 8.43. The average molecular weight is 487 g/mol. The highest BCUT2D eigenvalue weighted by atomic mass is 35.5. The number of sulfonamides is 1. The van der Waals surface area contributed by atoms with Crippen LogP contribution in [0.3, 0.4) is 0 Å². The molecular formula is C19H27ClN6O5S. The molecule has 176 valence electrons. The third-order valence-corrected chi connectivity index (χ3v) is 5.43. The number of benzene rings is 1. The second kappa shape index (κ2) is 12.1. The predicted octanol–water partition coefficient (Wildman–Crippen LogP) is 0.339. The zero-order chi connectivity index (χ0) is 23.0. The molecule has 2 aromatic rings. The van der Waals surface area contributed by atoms with Crippen LogP contribution in [0.1, 0.15) is 16.8 Å². The van der Waals surface area contributed by atoms with Crippen LogP contribution in [-0.4, -0.2) is 45.5 Å². The molecule has 1 heterocycles. The summed E-state index contributed by atoms with van der Waals surface area (Å²) in [6.45, 7) is 3.68. The average Bonchev–Trinajstić information content (AvgIpc) is 2.70. The summed E-state index contributed by atoms with van der Waals surface area (Å²) in [7, 11) is -2.53. The smallest absolute Gasteiger partial charge is 0.272 e. The van der Waals surface area contributed by atoms with E-state index in [1.54, 1.807) is 32.0 Å². The normalized spacial score (nSPS) is 11.4. The van der Waals surface area contributed by atoms with E-state index in [2.05, 4.69) is 25.5 Å². The number of nitrogens with zero attached hydrogens (tertiary/aromatic N) is 1. The molecule has 0 spiro atoms. The van der Waals surface area contributed by atoms with Crippen LogP contribution >= 0.6 is 12.4 Å². The van der Waals surface area contributed by atoms with Gasteiger partial charge in [0, 0.05) is 19.3 Å². The van der Waals surface area contributed by atoms with Crippen molar-refractivity contribution in [3.63, 3.8) is 0 Å². The molecule has 0 radical (unpaired) electrons. The highest BCUT2D eigenvalue weighted by Crippen LogP contribution is 2.18. The van der Waals surface area contributed by atoms with Crippen molar-refractivity contribution < 1.29 is 18.0 Å². The molecule has 1 amide bonds. The quantitative estimate of drug-likeness (QED) is 0.147. The number of anilines is 1. The lowest BCUT2D eigenvalue weighted by Crippen LogP contribution is -2.35. The summed E-state index contributed by atoms with van der Waals surface area (Å²) in [6, 6.07) is 7.82. The van der Waals surface area contributed by atoms with Crippen molar-refractivity contribution in [2.24, 2.45) is 10.7 Å². The van der Waals surface area contributed by atoms with Crippen molar-refractivity contribution in [2.45, 2.75) is 25.2 Å². The number of nitrogens with two attached hydrogens (primary N) is 1. The van der Waals surface area contributed by atoms with Gasteiger partial charge in [0.2, 0.25) is 11.9 Å². The Labute approximate surface area is 192 Å². The number of hydrogen-bond acceptors (Lipinski definition) is 6. The Morgan fingerprint density at radius 1 is 1.25 bits per heavy atom. The van der Waals surface area contributed by atoms with Gasteiger partial charge in [0.05, 0.1) is 17.9 Å². The Morgan fingerprint density at radius 2 is 1.97 bits per heavy atom. The number of aromatic nitrogens is 1. The van der Waals surface area contributed by atoms with Gasteiger partial charge in [0.1, 0.15) is 5.69 Å². The summed E-state index contributed by atoms with van der Waals surface area (Å²) < 4.78 is 27.8. The Morgan fingerprint density at radius 3 is 2.62 bits per heavy atom. The van der Waals surface area contributed by atoms with Gasteiger partial charge in [-0.2, -0.15) is 0 Å². The van der Waals surface area contributed by atoms with E-state index in [-0.39, 0.29) is 54.1 Å². The maximum absolute atomic E-state index is 12.7. The Bertz CT molecular complexity index is 1130. The van der Waals surface area contributed by atoms with Gasteiger partial charge in [-0.25, -0.2) is 13.9 Å². The molecule has 11 nitrogen and oxygen atoms in total. The molecule has 0 unspecified atom stereocenters. The molecule has 0 saturated heterocycles. The fourth-order valence-corrected chi connectivity index (χ4v) is 3.84. The molecule has 0 saturated carbocycles. The zero-order valence-electron chi connectivity index (χ0n) is 17.9. The minimum Gasteiger partial charge on any atom is -0.368 e. The highest BCUT2D eigenvalue weighted by Gasteiger charge is 2.20. The third kappa shape index (κ3) is 7.87. The lowest BCUT2D eigenvalue weighted by Gasteiger charge is -2.13. The predicted molar refractivity (Wildman–Crippen MR) is 124 cm³/mol. The van der Waals surface area contributed by atoms with Gasteiger partial charge in [-0.05, 0) is 43.2 Å². The van der Waals surface area contributed by atoms with Crippen LogP contribution in [0.2, 0.25) is 0 Å². The number of carbonyl (C=O) groups is 1. The van der Waals surface area contributed by atoms with Crippen LogP contribution in [0.25, 0.3) is 0 Å². The van der Waals surface area contributed by atoms with E-state index in [9.17, 15) is 18.0 Å². The number of amides is 1. The van der Waals surface area contributed by atoms with Crippen molar-refractivity contribution in [1.82, 2.24) is 15.8 Å². The van der Waals surface area contributed by atoms with Gasteiger partial charge in [-0.3, -0.25) is 24.1 Å². The van der Waals surface area contributed by atoms with Gasteiger partial charge >= 0.3 is 0 Å². The number of nitrogens with one attached hydrogen (secondary N) is 4. The molecule has 0 bridgehead atoms. The second-order valence-electron chi connectivity index (χ2n) is 6.69. The molecule has 1 aromatic carbocycles. The first-order valence-electron chi connectivity index (χ1n) is 9.31. The molecule has 6 N–H and O–H groups in total. The van der Waals surface area contributed by atoms with Crippen molar-refractivity contribution in [3.8, 4) is 0 Å². The molecule has 0 aliphatic rings. The Balaban J connectivity index is 0.00000512. The highest BCUT2D eigenvalue weighted by molar-refractivity contribution is 7.92. The lowest BCUT2D eigenvalue weighted by molar-refractivity contribution is -0.120. The molecular weight excluding hydrogens is 460 g/mol.